The third-order valence-corrected chi connectivity index (χ3v) is 8.37. The predicted octanol–water partition coefficient (Wildman–Crippen LogP) is 6.05. The molecule has 186 valence electrons. The van der Waals surface area contributed by atoms with Gasteiger partial charge in [0.2, 0.25) is 15.9 Å². The molecule has 0 unspecified atom stereocenters. The number of aryl methyl sites for hydroxylation is 2. The van der Waals surface area contributed by atoms with Gasteiger partial charge in [-0.3, -0.25) is 4.79 Å². The second kappa shape index (κ2) is 10.9. The molecule has 0 fully saturated rings. The van der Waals surface area contributed by atoms with Gasteiger partial charge in [0.1, 0.15) is 5.82 Å². The summed E-state index contributed by atoms with van der Waals surface area (Å²) in [6, 6.07) is 17.5. The van der Waals surface area contributed by atoms with Gasteiger partial charge in [-0.15, -0.1) is 11.3 Å². The highest BCUT2D eigenvalue weighted by Gasteiger charge is 2.28. The van der Waals surface area contributed by atoms with E-state index in [9.17, 15) is 17.6 Å². The van der Waals surface area contributed by atoms with Crippen LogP contribution in [0.15, 0.2) is 77.0 Å². The maximum absolute atomic E-state index is 14.5. The summed E-state index contributed by atoms with van der Waals surface area (Å²) in [6.45, 7) is 2.79. The van der Waals surface area contributed by atoms with Gasteiger partial charge < -0.3 is 5.32 Å². The van der Waals surface area contributed by atoms with Crippen LogP contribution in [0.2, 0.25) is 5.02 Å². The number of sulfonamides is 1. The summed E-state index contributed by atoms with van der Waals surface area (Å²) in [4.78, 5) is 17.5. The molecule has 6 nitrogen and oxygen atoms in total. The zero-order valence-corrected chi connectivity index (χ0v) is 21.9. The van der Waals surface area contributed by atoms with Gasteiger partial charge in [0.05, 0.1) is 22.1 Å². The highest BCUT2D eigenvalue weighted by atomic mass is 35.5. The molecule has 1 N–H and O–H groups in total. The number of thiazole rings is 1. The lowest BCUT2D eigenvalue weighted by molar-refractivity contribution is -0.116. The highest BCUT2D eigenvalue weighted by molar-refractivity contribution is 7.89. The molecular weight excluding hydrogens is 521 g/mol. The van der Waals surface area contributed by atoms with Gasteiger partial charge in [0.25, 0.3) is 0 Å². The van der Waals surface area contributed by atoms with Crippen LogP contribution in [0, 0.1) is 19.7 Å². The van der Waals surface area contributed by atoms with E-state index in [1.165, 1.54) is 41.7 Å². The molecule has 10 heteroatoms. The number of amides is 1. The Bertz CT molecular complexity index is 1480. The lowest BCUT2D eigenvalue weighted by Gasteiger charge is -2.23. The third kappa shape index (κ3) is 5.99. The molecule has 0 aliphatic rings. The minimum absolute atomic E-state index is 0.00531. The van der Waals surface area contributed by atoms with Crippen molar-refractivity contribution in [1.29, 1.82) is 0 Å². The molecule has 0 atom stereocenters. The smallest absolute Gasteiger partial charge is 0.243 e. The lowest BCUT2D eigenvalue weighted by atomic mass is 10.1. The molecule has 0 aliphatic carbocycles. The fourth-order valence-corrected chi connectivity index (χ4v) is 5.77. The monoisotopic (exact) mass is 543 g/mol. The highest BCUT2D eigenvalue weighted by Crippen LogP contribution is 2.26. The summed E-state index contributed by atoms with van der Waals surface area (Å²) in [5.74, 6) is -1.23. The maximum Gasteiger partial charge on any atom is 0.243 e. The Morgan fingerprint density at radius 3 is 2.47 bits per heavy atom. The maximum atomic E-state index is 14.5. The molecule has 0 saturated carbocycles. The number of rotatable bonds is 8. The van der Waals surface area contributed by atoms with E-state index in [4.69, 9.17) is 11.6 Å². The summed E-state index contributed by atoms with van der Waals surface area (Å²) in [5, 5.41) is 5.66. The van der Waals surface area contributed by atoms with Crippen molar-refractivity contribution in [2.75, 3.05) is 11.9 Å². The number of aromatic nitrogens is 1. The van der Waals surface area contributed by atoms with E-state index in [0.29, 0.717) is 5.69 Å². The van der Waals surface area contributed by atoms with Gasteiger partial charge in [-0.2, -0.15) is 4.31 Å². The van der Waals surface area contributed by atoms with Crippen LogP contribution in [0.5, 0.6) is 0 Å². The number of hydrogen-bond acceptors (Lipinski definition) is 5. The Labute approximate surface area is 218 Å². The van der Waals surface area contributed by atoms with Gasteiger partial charge >= 0.3 is 0 Å². The van der Waals surface area contributed by atoms with Crippen LogP contribution in [0.4, 0.5) is 10.1 Å². The van der Waals surface area contributed by atoms with Gasteiger partial charge in [-0.25, -0.2) is 17.8 Å². The molecular formula is C26H23ClFN3O3S2. The van der Waals surface area contributed by atoms with E-state index < -0.39 is 34.8 Å². The largest absolute Gasteiger partial charge is 0.325 e. The van der Waals surface area contributed by atoms with Gasteiger partial charge in [0, 0.05) is 33.8 Å². The van der Waals surface area contributed by atoms with Crippen LogP contribution in [0.1, 0.15) is 16.1 Å². The fraction of sp³-hybridized carbons (Fsp3) is 0.154. The van der Waals surface area contributed by atoms with Crippen molar-refractivity contribution in [3.8, 4) is 11.3 Å². The van der Waals surface area contributed by atoms with Crippen LogP contribution in [0.25, 0.3) is 11.3 Å². The van der Waals surface area contributed by atoms with Crippen molar-refractivity contribution in [2.45, 2.75) is 25.3 Å². The molecule has 0 spiro atoms. The van der Waals surface area contributed by atoms with E-state index in [2.05, 4.69) is 10.3 Å². The second-order valence-corrected chi connectivity index (χ2v) is 11.6. The van der Waals surface area contributed by atoms with Crippen LogP contribution in [0.3, 0.4) is 0 Å². The first-order chi connectivity index (χ1) is 17.1. The molecule has 1 amide bonds. The predicted molar refractivity (Wildman–Crippen MR) is 141 cm³/mol. The standard InChI is InChI=1S/C26H23ClFN3O3S2/c1-17-9-11-21(12-10-17)36(33,34)31(14-22-23(27)7-4-8-24(22)28)15-26(32)30-20-6-3-5-19(13-20)25-16-35-18(2)29-25/h3-13,16H,14-15H2,1-2H3,(H,30,32). The first kappa shape index (κ1) is 26.0. The summed E-state index contributed by atoms with van der Waals surface area (Å²) < 4.78 is 42.4. The summed E-state index contributed by atoms with van der Waals surface area (Å²) in [5.41, 5.74) is 2.96. The Balaban J connectivity index is 1.61. The average Bonchev–Trinajstić information content (AvgIpc) is 3.27. The Kier molecular flexibility index (Phi) is 7.85. The number of benzene rings is 3. The van der Waals surface area contributed by atoms with Crippen molar-refractivity contribution >= 4 is 44.6 Å². The van der Waals surface area contributed by atoms with Crippen LogP contribution >= 0.6 is 22.9 Å². The number of carbonyl (C=O) groups is 1. The molecule has 0 saturated heterocycles. The Morgan fingerprint density at radius 2 is 1.81 bits per heavy atom. The van der Waals surface area contributed by atoms with E-state index in [-0.39, 0.29) is 15.5 Å². The number of halogens is 2. The van der Waals surface area contributed by atoms with Gasteiger partial charge in [-0.1, -0.05) is 47.5 Å². The van der Waals surface area contributed by atoms with Gasteiger partial charge in [-0.05, 0) is 50.2 Å². The van der Waals surface area contributed by atoms with E-state index in [1.807, 2.05) is 25.3 Å². The first-order valence-electron chi connectivity index (χ1n) is 11.0. The van der Waals surface area contributed by atoms with Crippen LogP contribution < -0.4 is 5.32 Å². The average molecular weight is 544 g/mol. The number of carbonyl (C=O) groups excluding carboxylic acids is 1. The Morgan fingerprint density at radius 1 is 1.08 bits per heavy atom. The molecule has 0 bridgehead atoms. The molecule has 4 rings (SSSR count). The van der Waals surface area contributed by atoms with Crippen molar-refractivity contribution in [2.24, 2.45) is 0 Å². The minimum Gasteiger partial charge on any atom is -0.325 e. The van der Waals surface area contributed by atoms with Crippen LogP contribution in [-0.2, 0) is 21.4 Å². The number of anilines is 1. The molecule has 1 aromatic heterocycles. The van der Waals surface area contributed by atoms with Crippen molar-refractivity contribution in [3.63, 3.8) is 0 Å². The lowest BCUT2D eigenvalue weighted by Crippen LogP contribution is -2.38. The van der Waals surface area contributed by atoms with Crippen molar-refractivity contribution in [1.82, 2.24) is 9.29 Å². The van der Waals surface area contributed by atoms with Gasteiger partial charge in [0.15, 0.2) is 0 Å². The van der Waals surface area contributed by atoms with E-state index in [1.54, 1.807) is 30.3 Å². The molecule has 4 aromatic rings. The topological polar surface area (TPSA) is 79.4 Å². The quantitative estimate of drug-likeness (QED) is 0.293. The fourth-order valence-electron chi connectivity index (χ4n) is 3.56. The third-order valence-electron chi connectivity index (χ3n) is 5.44. The SMILES string of the molecule is Cc1ccc(S(=O)(=O)N(CC(=O)Nc2cccc(-c3csc(C)n3)c2)Cc2c(F)cccc2Cl)cc1. The number of nitrogens with one attached hydrogen (secondary N) is 1. The molecule has 0 radical (unpaired) electrons. The van der Waals surface area contributed by atoms with Crippen molar-refractivity contribution < 1.29 is 17.6 Å². The van der Waals surface area contributed by atoms with E-state index >= 15 is 0 Å². The second-order valence-electron chi connectivity index (χ2n) is 8.17. The zero-order chi connectivity index (χ0) is 25.9. The Hall–Kier alpha value is -3.11. The molecule has 0 aliphatic heterocycles. The van der Waals surface area contributed by atoms with Crippen LogP contribution in [-0.4, -0.2) is 30.2 Å². The van der Waals surface area contributed by atoms with E-state index in [0.717, 1.165) is 26.1 Å². The molecule has 1 heterocycles. The number of hydrogen-bond donors (Lipinski definition) is 1. The zero-order valence-electron chi connectivity index (χ0n) is 19.5. The van der Waals surface area contributed by atoms with Crippen molar-refractivity contribution in [3.05, 3.63) is 99.1 Å². The summed E-state index contributed by atoms with van der Waals surface area (Å²) in [7, 11) is -4.15. The molecule has 36 heavy (non-hydrogen) atoms. The summed E-state index contributed by atoms with van der Waals surface area (Å²) in [6.07, 6.45) is 0. The normalized spacial score (nSPS) is 11.6. The summed E-state index contributed by atoms with van der Waals surface area (Å²) >= 11 is 7.69. The number of nitrogens with zero attached hydrogens (tertiary/aromatic N) is 2. The first-order valence-corrected chi connectivity index (χ1v) is 13.7. The molecule has 3 aromatic carbocycles. The minimum atomic E-state index is -4.15.